The molecule has 0 aliphatic carbocycles. The number of urea groups is 1. The number of rotatable bonds is 19. The molecule has 13 nitrogen and oxygen atoms in total. The minimum atomic E-state index is -4.96. The third-order valence-corrected chi connectivity index (χ3v) is 9.61. The highest BCUT2D eigenvalue weighted by Crippen LogP contribution is 2.38. The number of aryl methyl sites for hydroxylation is 2. The van der Waals surface area contributed by atoms with Crippen molar-refractivity contribution < 1.29 is 42.7 Å². The zero-order valence-corrected chi connectivity index (χ0v) is 32.0. The molecule has 14 heteroatoms. The van der Waals surface area contributed by atoms with Gasteiger partial charge in [0, 0.05) is 19.1 Å². The third kappa shape index (κ3) is 13.3. The molecule has 4 rings (SSSR count). The third-order valence-electron chi connectivity index (χ3n) is 9.04. The molecule has 0 saturated carbocycles. The molecule has 0 bridgehead atoms. The Kier molecular flexibility index (Phi) is 15.4. The first kappa shape index (κ1) is 41.5. The van der Waals surface area contributed by atoms with Gasteiger partial charge in [-0.25, -0.2) is 9.36 Å². The average Bonchev–Trinajstić information content (AvgIpc) is 3.08. The average molecular weight is 753 g/mol. The number of nitrogens with zero attached hydrogens (tertiary/aromatic N) is 1. The number of carbonyl (C=O) groups excluding carboxylic acids is 3. The van der Waals surface area contributed by atoms with Gasteiger partial charge in [0.25, 0.3) is 5.91 Å². The number of phosphoric ester groups is 1. The zero-order chi connectivity index (χ0) is 38.5. The van der Waals surface area contributed by atoms with E-state index in [4.69, 9.17) is 14.0 Å². The Morgan fingerprint density at radius 2 is 1.49 bits per heavy atom. The van der Waals surface area contributed by atoms with Crippen LogP contribution < -0.4 is 20.7 Å². The van der Waals surface area contributed by atoms with E-state index in [-0.39, 0.29) is 37.3 Å². The molecular weight excluding hydrogens is 699 g/mol. The SMILES string of the molecule is Cc1cccc(C)c1OCC(=O)N[C@@H](Cc1ccccc1)[C@H](C[C@@H](Cc1ccccc1)NC(=O)[C@H](C(C)C)N1CCCNC1=O)OC(C)OP(=O)(O)O. The predicted molar refractivity (Wildman–Crippen MR) is 201 cm³/mol. The normalized spacial score (nSPS) is 16.2. The van der Waals surface area contributed by atoms with Crippen molar-refractivity contribution in [2.24, 2.45) is 5.92 Å². The summed E-state index contributed by atoms with van der Waals surface area (Å²) in [5.41, 5.74) is 3.54. The van der Waals surface area contributed by atoms with Crippen LogP contribution in [-0.4, -0.2) is 82.7 Å². The number of ether oxygens (including phenoxy) is 2. The number of benzene rings is 3. The molecule has 1 aliphatic heterocycles. The van der Waals surface area contributed by atoms with Crippen LogP contribution in [0, 0.1) is 19.8 Å². The molecule has 3 aromatic rings. The van der Waals surface area contributed by atoms with E-state index in [1.165, 1.54) is 6.92 Å². The maximum Gasteiger partial charge on any atom is 0.471 e. The first-order valence-electron chi connectivity index (χ1n) is 18.0. The summed E-state index contributed by atoms with van der Waals surface area (Å²) in [5, 5.41) is 9.06. The van der Waals surface area contributed by atoms with Gasteiger partial charge in [-0.05, 0) is 74.6 Å². The number of hydrogen-bond acceptors (Lipinski definition) is 7. The van der Waals surface area contributed by atoms with Gasteiger partial charge in [-0.2, -0.15) is 0 Å². The largest absolute Gasteiger partial charge is 0.483 e. The lowest BCUT2D eigenvalue weighted by Gasteiger charge is -2.38. The molecule has 1 heterocycles. The van der Waals surface area contributed by atoms with E-state index in [2.05, 4.69) is 16.0 Å². The van der Waals surface area contributed by atoms with E-state index in [9.17, 15) is 28.7 Å². The number of nitrogens with one attached hydrogen (secondary N) is 3. The highest BCUT2D eigenvalue weighted by Gasteiger charge is 2.37. The first-order valence-corrected chi connectivity index (χ1v) is 19.5. The van der Waals surface area contributed by atoms with E-state index in [0.717, 1.165) is 22.3 Å². The van der Waals surface area contributed by atoms with E-state index >= 15 is 0 Å². The van der Waals surface area contributed by atoms with Gasteiger partial charge in [0.15, 0.2) is 12.9 Å². The fourth-order valence-corrected chi connectivity index (χ4v) is 7.15. The second kappa shape index (κ2) is 19.7. The molecule has 5 N–H and O–H groups in total. The van der Waals surface area contributed by atoms with Gasteiger partial charge >= 0.3 is 13.9 Å². The summed E-state index contributed by atoms with van der Waals surface area (Å²) in [6, 6.07) is 22.2. The molecule has 288 valence electrons. The summed E-state index contributed by atoms with van der Waals surface area (Å²) in [6.45, 7) is 9.61. The van der Waals surface area contributed by atoms with Crippen molar-refractivity contribution in [3.05, 3.63) is 101 Å². The standard InChI is InChI=1S/C39H53N4O9P/c1-26(2)36(43-21-13-20-40-39(43)46)38(45)41-32(22-30-16-8-6-9-17-30)24-34(51-29(5)52-53(47,48)49)33(23-31-18-10-7-11-19-31)42-35(44)25-50-37-27(3)14-12-15-28(37)4/h6-12,14-19,26,29,32-34,36H,13,20-25H2,1-5H3,(H,40,46)(H,41,45)(H,42,44)(H2,47,48,49)/t29?,32-,33+,34+,36+/m1/s1. The van der Waals surface area contributed by atoms with Crippen LogP contribution in [0.15, 0.2) is 78.9 Å². The lowest BCUT2D eigenvalue weighted by Crippen LogP contribution is -2.59. The minimum Gasteiger partial charge on any atom is -0.483 e. The van der Waals surface area contributed by atoms with Crippen molar-refractivity contribution in [3.63, 3.8) is 0 Å². The molecule has 3 aromatic carbocycles. The zero-order valence-electron chi connectivity index (χ0n) is 31.1. The Morgan fingerprint density at radius 1 is 0.887 bits per heavy atom. The fraction of sp³-hybridized carbons (Fsp3) is 0.462. The Morgan fingerprint density at radius 3 is 2.06 bits per heavy atom. The number of hydrogen-bond donors (Lipinski definition) is 5. The van der Waals surface area contributed by atoms with Crippen LogP contribution >= 0.6 is 7.82 Å². The minimum absolute atomic E-state index is 0.0992. The highest BCUT2D eigenvalue weighted by atomic mass is 31.2. The molecule has 5 atom stereocenters. The summed E-state index contributed by atoms with van der Waals surface area (Å²) in [4.78, 5) is 61.4. The molecule has 0 spiro atoms. The first-order chi connectivity index (χ1) is 25.2. The Bertz CT molecular complexity index is 1670. The maximum atomic E-state index is 14.1. The molecule has 1 aliphatic rings. The Labute approximate surface area is 312 Å². The molecule has 0 radical (unpaired) electrons. The summed E-state index contributed by atoms with van der Waals surface area (Å²) in [7, 11) is -4.96. The van der Waals surface area contributed by atoms with Gasteiger partial charge in [0.05, 0.1) is 12.1 Å². The summed E-state index contributed by atoms with van der Waals surface area (Å²) < 4.78 is 29.0. The molecule has 1 saturated heterocycles. The summed E-state index contributed by atoms with van der Waals surface area (Å²) >= 11 is 0. The Balaban J connectivity index is 1.68. The number of carbonyl (C=O) groups is 3. The maximum absolute atomic E-state index is 14.1. The van der Waals surface area contributed by atoms with Crippen molar-refractivity contribution in [1.29, 1.82) is 0 Å². The van der Waals surface area contributed by atoms with Crippen LogP contribution in [0.1, 0.15) is 55.9 Å². The van der Waals surface area contributed by atoms with Gasteiger partial charge in [-0.1, -0.05) is 92.7 Å². The number of amides is 4. The predicted octanol–water partition coefficient (Wildman–Crippen LogP) is 4.81. The summed E-state index contributed by atoms with van der Waals surface area (Å²) in [6.07, 6.45) is -0.892. The van der Waals surface area contributed by atoms with E-state index in [1.807, 2.05) is 107 Å². The second-order valence-corrected chi connectivity index (χ2v) is 15.0. The van der Waals surface area contributed by atoms with Crippen molar-refractivity contribution in [2.75, 3.05) is 19.7 Å². The van der Waals surface area contributed by atoms with Crippen LogP contribution in [-0.2, 0) is 36.3 Å². The van der Waals surface area contributed by atoms with Gasteiger partial charge in [0.2, 0.25) is 5.91 Å². The van der Waals surface area contributed by atoms with Gasteiger partial charge in [-0.15, -0.1) is 0 Å². The van der Waals surface area contributed by atoms with Gasteiger partial charge in [0.1, 0.15) is 11.8 Å². The molecule has 0 aromatic heterocycles. The van der Waals surface area contributed by atoms with E-state index < -0.39 is 44.2 Å². The van der Waals surface area contributed by atoms with Gasteiger partial charge < -0.3 is 40.1 Å². The molecule has 53 heavy (non-hydrogen) atoms. The number of para-hydroxylation sites is 1. The van der Waals surface area contributed by atoms with E-state index in [0.29, 0.717) is 31.7 Å². The quantitative estimate of drug-likeness (QED) is 0.0851. The fourth-order valence-electron chi connectivity index (χ4n) is 6.71. The van der Waals surface area contributed by atoms with E-state index in [1.54, 1.807) is 4.90 Å². The molecule has 1 unspecified atom stereocenters. The summed E-state index contributed by atoms with van der Waals surface area (Å²) in [5.74, 6) is -0.388. The van der Waals surface area contributed by atoms with Gasteiger partial charge in [-0.3, -0.25) is 14.1 Å². The monoisotopic (exact) mass is 752 g/mol. The second-order valence-electron chi connectivity index (χ2n) is 13.8. The highest BCUT2D eigenvalue weighted by molar-refractivity contribution is 7.46. The van der Waals surface area contributed by atoms with Crippen LogP contribution in [0.2, 0.25) is 0 Å². The number of phosphoric acid groups is 1. The Hall–Kier alpha value is -4.26. The smallest absolute Gasteiger partial charge is 0.471 e. The topological polar surface area (TPSA) is 176 Å². The van der Waals surface area contributed by atoms with Crippen LogP contribution in [0.25, 0.3) is 0 Å². The molecular formula is C39H53N4O9P. The van der Waals surface area contributed by atoms with Crippen molar-refractivity contribution in [2.45, 2.75) is 90.8 Å². The van der Waals surface area contributed by atoms with Crippen molar-refractivity contribution in [3.8, 4) is 5.75 Å². The molecule has 4 amide bonds. The molecule has 1 fully saturated rings. The van der Waals surface area contributed by atoms with Crippen LogP contribution in [0.3, 0.4) is 0 Å². The van der Waals surface area contributed by atoms with Crippen LogP contribution in [0.4, 0.5) is 4.79 Å². The lowest BCUT2D eigenvalue weighted by molar-refractivity contribution is -0.140. The lowest BCUT2D eigenvalue weighted by atomic mass is 9.92. The van der Waals surface area contributed by atoms with Crippen LogP contribution in [0.5, 0.6) is 5.75 Å². The van der Waals surface area contributed by atoms with Crippen molar-refractivity contribution in [1.82, 2.24) is 20.9 Å². The van der Waals surface area contributed by atoms with Crippen molar-refractivity contribution >= 4 is 25.7 Å².